The lowest BCUT2D eigenvalue weighted by atomic mass is 9.79. The van der Waals surface area contributed by atoms with Crippen LogP contribution < -0.4 is 0 Å². The summed E-state index contributed by atoms with van der Waals surface area (Å²) < 4.78 is 4.40. The summed E-state index contributed by atoms with van der Waals surface area (Å²) in [6.07, 6.45) is 0. The minimum Gasteiger partial charge on any atom is -0.309 e. The number of nitriles is 3. The molecule has 0 atom stereocenters. The van der Waals surface area contributed by atoms with Crippen molar-refractivity contribution in [1.82, 2.24) is 24.1 Å². The van der Waals surface area contributed by atoms with Crippen molar-refractivity contribution in [2.24, 2.45) is 0 Å². The van der Waals surface area contributed by atoms with Crippen LogP contribution in [0.3, 0.4) is 0 Å². The van der Waals surface area contributed by atoms with Gasteiger partial charge in [0.15, 0.2) is 28.8 Å². The van der Waals surface area contributed by atoms with Crippen molar-refractivity contribution in [3.63, 3.8) is 0 Å². The molecule has 12 aromatic rings. The molecule has 10 nitrogen and oxygen atoms in total. The zero-order valence-electron chi connectivity index (χ0n) is 51.6. The quantitative estimate of drug-likeness (QED) is 0.146. The maximum absolute atomic E-state index is 10.3. The molecule has 0 amide bonds. The summed E-state index contributed by atoms with van der Waals surface area (Å²) in [5.74, 6) is 1.43. The lowest BCUT2D eigenvalue weighted by Crippen LogP contribution is -2.17. The summed E-state index contributed by atoms with van der Waals surface area (Å²) in [5, 5.41) is 34.1. The molecule has 0 aliphatic carbocycles. The zero-order chi connectivity index (χ0) is 62.4. The van der Waals surface area contributed by atoms with Gasteiger partial charge in [-0.3, -0.25) is 0 Å². The lowest BCUT2D eigenvalue weighted by Gasteiger charge is -2.26. The average molecular weight is 1140 g/mol. The average Bonchev–Trinajstić information content (AvgIpc) is 1.67. The molecule has 0 unspecified atom stereocenters. The fourth-order valence-corrected chi connectivity index (χ4v) is 11.8. The maximum atomic E-state index is 10.3. The van der Waals surface area contributed by atoms with E-state index in [1.165, 1.54) is 0 Å². The van der Waals surface area contributed by atoms with Gasteiger partial charge in [0, 0.05) is 33.0 Å². The monoisotopic (exact) mass is 1140 g/mol. The van der Waals surface area contributed by atoms with Crippen LogP contribution in [0.1, 0.15) is 122 Å². The van der Waals surface area contributed by atoms with Crippen LogP contribution in [-0.2, 0) is 21.7 Å². The molecule has 88 heavy (non-hydrogen) atoms. The van der Waals surface area contributed by atoms with Crippen LogP contribution in [0.4, 0.5) is 11.4 Å². The molecule has 0 aliphatic rings. The number of benzene rings is 9. The van der Waals surface area contributed by atoms with Gasteiger partial charge in [0.25, 0.3) is 0 Å². The molecule has 426 valence electrons. The summed E-state index contributed by atoms with van der Waals surface area (Å²) >= 11 is 0. The van der Waals surface area contributed by atoms with Crippen molar-refractivity contribution < 1.29 is 0 Å². The van der Waals surface area contributed by atoms with Crippen LogP contribution in [0, 0.1) is 47.1 Å². The molecule has 3 aromatic heterocycles. The molecular formula is C78H64N10. The molecule has 0 saturated heterocycles. The third-order valence-corrected chi connectivity index (χ3v) is 16.8. The van der Waals surface area contributed by atoms with Crippen molar-refractivity contribution >= 4 is 55.0 Å². The van der Waals surface area contributed by atoms with Crippen molar-refractivity contribution in [2.45, 2.75) is 105 Å². The topological polar surface area (TPSA) is 129 Å². The highest BCUT2D eigenvalue weighted by Crippen LogP contribution is 2.45. The van der Waals surface area contributed by atoms with E-state index >= 15 is 0 Å². The van der Waals surface area contributed by atoms with Gasteiger partial charge in [0.2, 0.25) is 0 Å². The Morgan fingerprint density at radius 3 is 1.12 bits per heavy atom. The third kappa shape index (κ3) is 10.4. The molecule has 0 radical (unpaired) electrons. The number of hydrogen-bond acceptors (Lipinski definition) is 6. The first-order valence-corrected chi connectivity index (χ1v) is 29.5. The van der Waals surface area contributed by atoms with Crippen molar-refractivity contribution in [3.8, 4) is 86.0 Å². The van der Waals surface area contributed by atoms with Crippen LogP contribution in [0.25, 0.3) is 121 Å². The summed E-state index contributed by atoms with van der Waals surface area (Å²) in [4.78, 5) is 24.5. The summed E-state index contributed by atoms with van der Waals surface area (Å²) in [6.45, 7) is 42.8. The molecule has 0 N–H and O–H groups in total. The standard InChI is InChI=1S/C78H64N10/c1-75(2,3)54-33-52(34-55(39-54)76(4,5)6)72-84-73(53-35-56(77(7,8)9)40-57(36-53)78(10,11)12)86-74(85-72)65-38-51(21-27-71(65)88-67-24-18-47(44-80)31-61(67)62-32-48(45-81)19-25-68(62)88)60-37-50(49-17-15-16-46(30-49)43-79)20-26-66(60)87-69-28-22-58(82-13)41-63(69)64-42-59(83-14)23-29-70(64)87/h15-42H,1-12H3. The molecule has 0 aliphatic heterocycles. The van der Waals surface area contributed by atoms with Gasteiger partial charge in [-0.25, -0.2) is 24.6 Å². The van der Waals surface area contributed by atoms with Gasteiger partial charge >= 0.3 is 0 Å². The van der Waals surface area contributed by atoms with Crippen molar-refractivity contribution in [3.05, 3.63) is 232 Å². The number of hydrogen-bond donors (Lipinski definition) is 0. The second-order valence-electron chi connectivity index (χ2n) is 27.0. The van der Waals surface area contributed by atoms with E-state index in [2.05, 4.69) is 193 Å². The first-order chi connectivity index (χ1) is 41.8. The van der Waals surface area contributed by atoms with Gasteiger partial charge in [-0.2, -0.15) is 15.8 Å². The Morgan fingerprint density at radius 1 is 0.341 bits per heavy atom. The fraction of sp³-hybridized carbons (Fsp3) is 0.205. The number of nitrogens with zero attached hydrogens (tertiary/aromatic N) is 10. The van der Waals surface area contributed by atoms with Crippen molar-refractivity contribution in [2.75, 3.05) is 0 Å². The lowest BCUT2D eigenvalue weighted by molar-refractivity contribution is 0.568. The van der Waals surface area contributed by atoms with Gasteiger partial charge in [0.05, 0.1) is 81.5 Å². The molecule has 9 aromatic carbocycles. The smallest absolute Gasteiger partial charge is 0.188 e. The highest BCUT2D eigenvalue weighted by molar-refractivity contribution is 6.13. The minimum absolute atomic E-state index is 0.219. The van der Waals surface area contributed by atoms with E-state index in [9.17, 15) is 15.8 Å². The summed E-state index contributed by atoms with van der Waals surface area (Å²) in [7, 11) is 0. The SMILES string of the molecule is [C-]#[N+]c1ccc2c(c1)c1cc([N+]#[C-])ccc1n2-c1ccc(-c2cccc(C#N)c2)cc1-c1ccc(-n2c3ccc(C#N)cc3c3cc(C#N)ccc32)c(-c2nc(-c3cc(C(C)(C)C)cc(C(C)(C)C)c3)nc(-c3cc(C(C)(C)C)cc(C(C)(C)C)c3)n2)c1. The van der Waals surface area contributed by atoms with Crippen LogP contribution >= 0.6 is 0 Å². The van der Waals surface area contributed by atoms with Crippen molar-refractivity contribution in [1.29, 1.82) is 15.8 Å². The van der Waals surface area contributed by atoms with E-state index in [1.807, 2.05) is 91.0 Å². The summed E-state index contributed by atoms with van der Waals surface area (Å²) in [6, 6.07) is 63.7. The second-order valence-corrected chi connectivity index (χ2v) is 27.0. The van der Waals surface area contributed by atoms with E-state index in [0.29, 0.717) is 51.1 Å². The molecule has 3 heterocycles. The Balaban J connectivity index is 1.25. The number of rotatable bonds is 7. The predicted octanol–water partition coefficient (Wildman–Crippen LogP) is 20.3. The molecule has 12 rings (SSSR count). The summed E-state index contributed by atoms with van der Waals surface area (Å²) in [5.41, 5.74) is 16.9. The second kappa shape index (κ2) is 21.2. The molecule has 0 spiro atoms. The van der Waals surface area contributed by atoms with E-state index in [4.69, 9.17) is 28.1 Å². The largest absolute Gasteiger partial charge is 0.309 e. The minimum atomic E-state index is -0.219. The van der Waals surface area contributed by atoms with Gasteiger partial charge in [-0.1, -0.05) is 132 Å². The first-order valence-electron chi connectivity index (χ1n) is 29.5. The number of fused-ring (bicyclic) bond motifs is 6. The van der Waals surface area contributed by atoms with E-state index < -0.39 is 0 Å². The number of aromatic nitrogens is 5. The Labute approximate surface area is 514 Å². The Hall–Kier alpha value is -11.0. The van der Waals surface area contributed by atoms with Gasteiger partial charge in [0.1, 0.15) is 0 Å². The Bertz CT molecular complexity index is 4840. The van der Waals surface area contributed by atoms with E-state index in [0.717, 1.165) is 111 Å². The normalized spacial score (nSPS) is 12.0. The van der Waals surface area contributed by atoms with Gasteiger partial charge < -0.3 is 9.13 Å². The molecule has 0 fully saturated rings. The Kier molecular flexibility index (Phi) is 13.9. The molecule has 0 saturated carbocycles. The maximum Gasteiger partial charge on any atom is 0.188 e. The predicted molar refractivity (Wildman–Crippen MR) is 357 cm³/mol. The van der Waals surface area contributed by atoms with E-state index in [-0.39, 0.29) is 21.7 Å². The molecule has 0 bridgehead atoms. The molecule has 10 heteroatoms. The van der Waals surface area contributed by atoms with Crippen LogP contribution in [-0.4, -0.2) is 24.1 Å². The first kappa shape index (κ1) is 57.5. The highest BCUT2D eigenvalue weighted by atomic mass is 15.1. The van der Waals surface area contributed by atoms with Crippen LogP contribution in [0.15, 0.2) is 170 Å². The zero-order valence-corrected chi connectivity index (χ0v) is 51.6. The van der Waals surface area contributed by atoms with Gasteiger partial charge in [-0.15, -0.1) is 0 Å². The van der Waals surface area contributed by atoms with Gasteiger partial charge in [-0.05, 0) is 193 Å². The third-order valence-electron chi connectivity index (χ3n) is 16.8. The van der Waals surface area contributed by atoms with E-state index in [1.54, 1.807) is 6.07 Å². The fourth-order valence-electron chi connectivity index (χ4n) is 11.8. The highest BCUT2D eigenvalue weighted by Gasteiger charge is 2.28. The molecular weight excluding hydrogens is 1080 g/mol. The van der Waals surface area contributed by atoms with Crippen LogP contribution in [0.5, 0.6) is 0 Å². The Morgan fingerprint density at radius 2 is 0.705 bits per heavy atom. The van der Waals surface area contributed by atoms with Crippen LogP contribution in [0.2, 0.25) is 0 Å².